The quantitative estimate of drug-likeness (QED) is 0.603. The average Bonchev–Trinajstić information content (AvgIpc) is 2.72. The molecular weight excluding hydrogens is 367 g/mol. The van der Waals surface area contributed by atoms with Crippen LogP contribution in [-0.2, 0) is 12.8 Å². The minimum Gasteiger partial charge on any atom is -0.478 e. The molecule has 0 heterocycles. The van der Waals surface area contributed by atoms with Crippen LogP contribution in [0.5, 0.6) is 0 Å². The van der Waals surface area contributed by atoms with Gasteiger partial charge in [0.25, 0.3) is 0 Å². The summed E-state index contributed by atoms with van der Waals surface area (Å²) in [6.45, 7) is 0. The maximum Gasteiger partial charge on any atom is 0.336 e. The number of carboxylic acid groups (broad SMARTS) is 1. The van der Waals surface area contributed by atoms with E-state index >= 15 is 0 Å². The Balaban J connectivity index is 1.67. The second-order valence-corrected chi connectivity index (χ2v) is 7.37. The lowest BCUT2D eigenvalue weighted by Gasteiger charge is -2.20. The van der Waals surface area contributed by atoms with Gasteiger partial charge in [-0.15, -0.1) is 0 Å². The summed E-state index contributed by atoms with van der Waals surface area (Å²) in [5, 5.41) is 19.3. The van der Waals surface area contributed by atoms with Gasteiger partial charge in [-0.25, -0.2) is 9.18 Å². The first-order valence-corrected chi connectivity index (χ1v) is 9.61. The van der Waals surface area contributed by atoms with E-state index in [-0.39, 0.29) is 17.5 Å². The lowest BCUT2D eigenvalue weighted by Crippen LogP contribution is -2.18. The minimum atomic E-state index is -0.991. The zero-order valence-corrected chi connectivity index (χ0v) is 15.8. The van der Waals surface area contributed by atoms with Gasteiger partial charge in [0.15, 0.2) is 0 Å². The van der Waals surface area contributed by atoms with Crippen LogP contribution in [-0.4, -0.2) is 22.3 Å². The number of benzene rings is 3. The highest BCUT2D eigenvalue weighted by Crippen LogP contribution is 2.26. The Hall–Kier alpha value is -3.24. The molecule has 0 amide bonds. The van der Waals surface area contributed by atoms with Gasteiger partial charge >= 0.3 is 5.97 Å². The predicted molar refractivity (Wildman–Crippen MR) is 112 cm³/mol. The van der Waals surface area contributed by atoms with Crippen LogP contribution in [0, 0.1) is 5.82 Å². The molecule has 3 aromatic rings. The summed E-state index contributed by atoms with van der Waals surface area (Å²) in [6, 6.07) is 17.4. The molecule has 0 bridgehead atoms. The Morgan fingerprint density at radius 1 is 0.931 bits per heavy atom. The molecule has 1 aliphatic rings. The zero-order valence-electron chi connectivity index (χ0n) is 15.8. The molecule has 0 fully saturated rings. The number of aliphatic hydroxyl groups excluding tert-OH is 1. The van der Waals surface area contributed by atoms with Crippen LogP contribution in [0.25, 0.3) is 23.3 Å². The average molecular weight is 388 g/mol. The highest BCUT2D eigenvalue weighted by atomic mass is 19.1. The van der Waals surface area contributed by atoms with Crippen LogP contribution >= 0.6 is 0 Å². The maximum absolute atomic E-state index is 13.2. The SMILES string of the molecule is O=C(O)c1ccc(-c2ccc(F)cc2)cc1C=Cc1ccc2c(c1)CCC(O)C2. The molecule has 2 N–H and O–H groups in total. The molecule has 0 aliphatic heterocycles. The smallest absolute Gasteiger partial charge is 0.336 e. The van der Waals surface area contributed by atoms with Gasteiger partial charge in [-0.3, -0.25) is 0 Å². The van der Waals surface area contributed by atoms with Gasteiger partial charge in [0, 0.05) is 0 Å². The summed E-state index contributed by atoms with van der Waals surface area (Å²) in [6.07, 6.45) is 5.73. The predicted octanol–water partition coefficient (Wildman–Crippen LogP) is 5.21. The number of halogens is 1. The molecule has 1 aliphatic carbocycles. The Bertz CT molecular complexity index is 1080. The molecule has 0 saturated carbocycles. The number of rotatable bonds is 4. The molecule has 3 aromatic carbocycles. The molecule has 146 valence electrons. The van der Waals surface area contributed by atoms with Crippen molar-refractivity contribution in [3.8, 4) is 11.1 Å². The highest BCUT2D eigenvalue weighted by Gasteiger charge is 2.16. The minimum absolute atomic E-state index is 0.216. The molecule has 1 atom stereocenters. The first-order chi connectivity index (χ1) is 14.0. The molecule has 0 saturated heterocycles. The van der Waals surface area contributed by atoms with Crippen LogP contribution in [0.2, 0.25) is 0 Å². The van der Waals surface area contributed by atoms with E-state index < -0.39 is 5.97 Å². The Morgan fingerprint density at radius 2 is 1.69 bits per heavy atom. The van der Waals surface area contributed by atoms with E-state index in [1.165, 1.54) is 23.3 Å². The number of carbonyl (C=O) groups is 1. The maximum atomic E-state index is 13.2. The molecule has 0 spiro atoms. The van der Waals surface area contributed by atoms with Crippen molar-refractivity contribution in [3.63, 3.8) is 0 Å². The van der Waals surface area contributed by atoms with Gasteiger partial charge in [0.05, 0.1) is 11.7 Å². The van der Waals surface area contributed by atoms with Gasteiger partial charge in [-0.05, 0) is 76.9 Å². The molecule has 29 heavy (non-hydrogen) atoms. The Labute approximate surface area is 168 Å². The fraction of sp³-hybridized carbons (Fsp3) is 0.160. The second-order valence-electron chi connectivity index (χ2n) is 7.37. The van der Waals surface area contributed by atoms with E-state index in [1.807, 2.05) is 24.3 Å². The van der Waals surface area contributed by atoms with Crippen molar-refractivity contribution in [1.29, 1.82) is 0 Å². The van der Waals surface area contributed by atoms with Crippen LogP contribution < -0.4 is 0 Å². The molecule has 0 radical (unpaired) electrons. The summed E-state index contributed by atoms with van der Waals surface area (Å²) < 4.78 is 13.2. The third kappa shape index (κ3) is 4.28. The van der Waals surface area contributed by atoms with Gasteiger partial charge in [0.2, 0.25) is 0 Å². The normalized spacial score (nSPS) is 16.0. The molecule has 1 unspecified atom stereocenters. The number of aryl methyl sites for hydroxylation is 1. The summed E-state index contributed by atoms with van der Waals surface area (Å²) in [4.78, 5) is 11.6. The van der Waals surface area contributed by atoms with Crippen molar-refractivity contribution in [2.75, 3.05) is 0 Å². The number of carboxylic acids is 1. The number of hydrogen-bond donors (Lipinski definition) is 2. The van der Waals surface area contributed by atoms with Crippen molar-refractivity contribution in [1.82, 2.24) is 0 Å². The molecular formula is C25H21FO3. The van der Waals surface area contributed by atoms with Crippen molar-refractivity contribution in [3.05, 3.63) is 94.3 Å². The van der Waals surface area contributed by atoms with E-state index in [1.54, 1.807) is 30.3 Å². The van der Waals surface area contributed by atoms with E-state index in [0.717, 1.165) is 29.5 Å². The van der Waals surface area contributed by atoms with Crippen molar-refractivity contribution in [2.45, 2.75) is 25.4 Å². The van der Waals surface area contributed by atoms with E-state index in [9.17, 15) is 19.4 Å². The van der Waals surface area contributed by atoms with Crippen molar-refractivity contribution >= 4 is 18.1 Å². The van der Waals surface area contributed by atoms with Gasteiger partial charge in [-0.1, -0.05) is 48.6 Å². The van der Waals surface area contributed by atoms with Crippen LogP contribution in [0.15, 0.2) is 60.7 Å². The monoisotopic (exact) mass is 388 g/mol. The highest BCUT2D eigenvalue weighted by molar-refractivity contribution is 5.94. The third-order valence-corrected chi connectivity index (χ3v) is 5.35. The van der Waals surface area contributed by atoms with Crippen molar-refractivity contribution in [2.24, 2.45) is 0 Å². The standard InChI is InChI=1S/C25H21FO3/c26-22-9-5-17(6-10-22)19-8-12-24(25(28)29)21(14-19)4-2-16-1-3-20-15-23(27)11-7-18(20)13-16/h1-6,8-10,12-14,23,27H,7,11,15H2,(H,28,29). The van der Waals surface area contributed by atoms with Gasteiger partial charge in [-0.2, -0.15) is 0 Å². The van der Waals surface area contributed by atoms with Gasteiger partial charge in [0.1, 0.15) is 5.82 Å². The summed E-state index contributed by atoms with van der Waals surface area (Å²) in [5.41, 5.74) is 5.85. The molecule has 0 aromatic heterocycles. The van der Waals surface area contributed by atoms with Crippen LogP contribution in [0.3, 0.4) is 0 Å². The first kappa shape index (κ1) is 19.1. The number of aromatic carboxylic acids is 1. The number of aliphatic hydroxyl groups is 1. The lowest BCUT2D eigenvalue weighted by molar-refractivity contribution is 0.0696. The Kier molecular flexibility index (Phi) is 5.28. The largest absolute Gasteiger partial charge is 0.478 e. The van der Waals surface area contributed by atoms with E-state index in [0.29, 0.717) is 12.0 Å². The number of fused-ring (bicyclic) bond motifs is 1. The molecule has 4 rings (SSSR count). The van der Waals surface area contributed by atoms with E-state index in [4.69, 9.17) is 0 Å². The van der Waals surface area contributed by atoms with Crippen molar-refractivity contribution < 1.29 is 19.4 Å². The van der Waals surface area contributed by atoms with Gasteiger partial charge < -0.3 is 10.2 Å². The first-order valence-electron chi connectivity index (χ1n) is 9.61. The zero-order chi connectivity index (χ0) is 20.4. The lowest BCUT2D eigenvalue weighted by atomic mass is 9.88. The third-order valence-electron chi connectivity index (χ3n) is 5.35. The fourth-order valence-corrected chi connectivity index (χ4v) is 3.76. The van der Waals surface area contributed by atoms with Crippen LogP contribution in [0.1, 0.15) is 39.0 Å². The molecule has 4 heteroatoms. The number of hydrogen-bond acceptors (Lipinski definition) is 2. The summed E-state index contributed by atoms with van der Waals surface area (Å²) in [5.74, 6) is -1.30. The fourth-order valence-electron chi connectivity index (χ4n) is 3.76. The Morgan fingerprint density at radius 3 is 2.45 bits per heavy atom. The van der Waals surface area contributed by atoms with Crippen LogP contribution in [0.4, 0.5) is 4.39 Å². The summed E-state index contributed by atoms with van der Waals surface area (Å²) >= 11 is 0. The topological polar surface area (TPSA) is 57.5 Å². The van der Waals surface area contributed by atoms with E-state index in [2.05, 4.69) is 6.07 Å². The summed E-state index contributed by atoms with van der Waals surface area (Å²) in [7, 11) is 0. The second kappa shape index (κ2) is 8.02. The molecule has 3 nitrogen and oxygen atoms in total.